The fraction of sp³-hybridized carbons (Fsp3) is 0.0667. The molecule has 1 heterocycles. The Morgan fingerprint density at radius 1 is 1.00 bits per heavy atom. The first-order chi connectivity index (χ1) is 9.97. The van der Waals surface area contributed by atoms with Crippen LogP contribution in [0.4, 0.5) is 13.2 Å². The first-order valence-corrected chi connectivity index (χ1v) is 6.77. The second-order valence-corrected chi connectivity index (χ2v) is 5.41. The van der Waals surface area contributed by atoms with Crippen molar-refractivity contribution in [2.75, 3.05) is 0 Å². The Morgan fingerprint density at radius 3 is 2.29 bits per heavy atom. The van der Waals surface area contributed by atoms with E-state index in [0.29, 0.717) is 5.39 Å². The molecule has 0 aliphatic heterocycles. The summed E-state index contributed by atoms with van der Waals surface area (Å²) < 4.78 is 46.6. The van der Waals surface area contributed by atoms with Gasteiger partial charge >= 0.3 is 0 Å². The van der Waals surface area contributed by atoms with Crippen LogP contribution in [0.5, 0.6) is 0 Å². The predicted molar refractivity (Wildman–Crippen MR) is 74.3 cm³/mol. The minimum atomic E-state index is -1.66. The third-order valence-electron chi connectivity index (χ3n) is 3.10. The van der Waals surface area contributed by atoms with Crippen molar-refractivity contribution in [2.45, 2.75) is 6.10 Å². The third kappa shape index (κ3) is 2.45. The van der Waals surface area contributed by atoms with Gasteiger partial charge in [-0.2, -0.15) is 0 Å². The molecule has 2 nitrogen and oxygen atoms in total. The lowest BCUT2D eigenvalue weighted by Gasteiger charge is -2.10. The van der Waals surface area contributed by atoms with Crippen molar-refractivity contribution < 1.29 is 22.7 Å². The number of aliphatic hydroxyl groups excluding tert-OH is 1. The summed E-state index contributed by atoms with van der Waals surface area (Å²) in [5.41, 5.74) is -0.609. The first-order valence-electron chi connectivity index (χ1n) is 5.98. The molecule has 3 rings (SSSR count). The first kappa shape index (κ1) is 14.2. The van der Waals surface area contributed by atoms with E-state index in [-0.39, 0.29) is 15.8 Å². The average Bonchev–Trinajstić information content (AvgIpc) is 2.82. The zero-order chi connectivity index (χ0) is 15.1. The molecule has 0 aliphatic carbocycles. The Bertz CT molecular complexity index is 806. The molecule has 0 fully saturated rings. The molecule has 0 radical (unpaired) electrons. The van der Waals surface area contributed by atoms with E-state index >= 15 is 0 Å². The molecule has 0 spiro atoms. The molecule has 6 heteroatoms. The molecule has 21 heavy (non-hydrogen) atoms. The Kier molecular flexibility index (Phi) is 3.51. The Balaban J connectivity index is 2.12. The summed E-state index contributed by atoms with van der Waals surface area (Å²) in [4.78, 5) is 0. The fourth-order valence-electron chi connectivity index (χ4n) is 2.14. The maximum absolute atomic E-state index is 13.8. The fourth-order valence-corrected chi connectivity index (χ4v) is 2.54. The highest BCUT2D eigenvalue weighted by molar-refractivity contribution is 9.10. The van der Waals surface area contributed by atoms with Gasteiger partial charge in [0.15, 0.2) is 11.4 Å². The monoisotopic (exact) mass is 356 g/mol. The number of benzene rings is 2. The number of halogens is 4. The van der Waals surface area contributed by atoms with Crippen LogP contribution in [0, 0.1) is 17.5 Å². The van der Waals surface area contributed by atoms with Crippen LogP contribution in [-0.4, -0.2) is 5.11 Å². The third-order valence-corrected chi connectivity index (χ3v) is 3.56. The van der Waals surface area contributed by atoms with Crippen molar-refractivity contribution in [2.24, 2.45) is 0 Å². The summed E-state index contributed by atoms with van der Waals surface area (Å²) in [7, 11) is 0. The molecule has 0 aliphatic rings. The number of fused-ring (bicyclic) bond motifs is 1. The maximum atomic E-state index is 13.8. The zero-order valence-corrected chi connectivity index (χ0v) is 12.0. The number of aliphatic hydroxyl groups is 1. The Labute approximate surface area is 125 Å². The van der Waals surface area contributed by atoms with E-state index in [0.717, 1.165) is 12.1 Å². The van der Waals surface area contributed by atoms with Crippen molar-refractivity contribution in [3.05, 3.63) is 69.6 Å². The van der Waals surface area contributed by atoms with Gasteiger partial charge < -0.3 is 9.52 Å². The normalized spacial score (nSPS) is 12.8. The van der Waals surface area contributed by atoms with E-state index < -0.39 is 29.1 Å². The van der Waals surface area contributed by atoms with Gasteiger partial charge in [0.05, 0.1) is 5.56 Å². The summed E-state index contributed by atoms with van der Waals surface area (Å²) in [6.45, 7) is 0. The van der Waals surface area contributed by atoms with Crippen LogP contribution in [0.1, 0.15) is 17.4 Å². The summed E-state index contributed by atoms with van der Waals surface area (Å²) in [6.07, 6.45) is -1.66. The molecule has 0 bridgehead atoms. The highest BCUT2D eigenvalue weighted by Gasteiger charge is 2.24. The van der Waals surface area contributed by atoms with Gasteiger partial charge in [0, 0.05) is 9.86 Å². The Hall–Kier alpha value is -1.79. The molecular weight excluding hydrogens is 349 g/mol. The van der Waals surface area contributed by atoms with Gasteiger partial charge in [-0.3, -0.25) is 0 Å². The minimum Gasteiger partial charge on any atom is -0.455 e. The summed E-state index contributed by atoms with van der Waals surface area (Å²) >= 11 is 2.96. The predicted octanol–water partition coefficient (Wildman–Crippen LogP) is 4.69. The molecule has 108 valence electrons. The van der Waals surface area contributed by atoms with Gasteiger partial charge in [-0.15, -0.1) is 0 Å². The summed E-state index contributed by atoms with van der Waals surface area (Å²) in [6, 6.07) is 7.67. The smallest absolute Gasteiger partial charge is 0.170 e. The van der Waals surface area contributed by atoms with E-state index in [4.69, 9.17) is 4.42 Å². The summed E-state index contributed by atoms with van der Waals surface area (Å²) in [5.74, 6) is -2.58. The molecule has 0 saturated heterocycles. The number of hydrogen-bond acceptors (Lipinski definition) is 2. The van der Waals surface area contributed by atoms with Gasteiger partial charge in [-0.25, -0.2) is 13.2 Å². The molecule has 1 atom stereocenters. The van der Waals surface area contributed by atoms with Gasteiger partial charge in [0.2, 0.25) is 0 Å². The summed E-state index contributed by atoms with van der Waals surface area (Å²) in [5, 5.41) is 10.5. The van der Waals surface area contributed by atoms with Crippen LogP contribution in [0.25, 0.3) is 11.0 Å². The van der Waals surface area contributed by atoms with E-state index in [2.05, 4.69) is 15.9 Å². The molecule has 1 unspecified atom stereocenters. The molecular formula is C15H8BrF3O2. The van der Waals surface area contributed by atoms with Crippen LogP contribution >= 0.6 is 15.9 Å². The molecule has 1 N–H and O–H groups in total. The SMILES string of the molecule is OC(c1cc2cccc(F)c2o1)c1c(F)cc(Br)cc1F. The largest absolute Gasteiger partial charge is 0.455 e. The maximum Gasteiger partial charge on any atom is 0.170 e. The standard InChI is InChI=1S/C15H8BrF3O2/c16-8-5-10(18)13(11(19)6-8)14(20)12-4-7-2-1-3-9(17)15(7)21-12/h1-6,14,20H. The second-order valence-electron chi connectivity index (χ2n) is 4.49. The Morgan fingerprint density at radius 2 is 1.67 bits per heavy atom. The van der Waals surface area contributed by atoms with Crippen molar-refractivity contribution in [1.82, 2.24) is 0 Å². The van der Waals surface area contributed by atoms with Crippen molar-refractivity contribution in [3.8, 4) is 0 Å². The van der Waals surface area contributed by atoms with Gasteiger partial charge in [0.1, 0.15) is 23.5 Å². The van der Waals surface area contributed by atoms with E-state index in [1.807, 2.05) is 0 Å². The molecule has 3 aromatic rings. The highest BCUT2D eigenvalue weighted by Crippen LogP contribution is 2.33. The zero-order valence-electron chi connectivity index (χ0n) is 10.4. The van der Waals surface area contributed by atoms with Crippen molar-refractivity contribution >= 4 is 26.9 Å². The van der Waals surface area contributed by atoms with Gasteiger partial charge in [0.25, 0.3) is 0 Å². The highest BCUT2D eigenvalue weighted by atomic mass is 79.9. The minimum absolute atomic E-state index is 0.0653. The van der Waals surface area contributed by atoms with Gasteiger partial charge in [-0.05, 0) is 24.3 Å². The lowest BCUT2D eigenvalue weighted by molar-refractivity contribution is 0.182. The average molecular weight is 357 g/mol. The van der Waals surface area contributed by atoms with Gasteiger partial charge in [-0.1, -0.05) is 28.1 Å². The van der Waals surface area contributed by atoms with E-state index in [1.165, 1.54) is 18.2 Å². The number of furan rings is 1. The lowest BCUT2D eigenvalue weighted by Crippen LogP contribution is -2.05. The van der Waals surface area contributed by atoms with Crippen LogP contribution in [0.15, 0.2) is 45.3 Å². The van der Waals surface area contributed by atoms with Crippen LogP contribution in [-0.2, 0) is 0 Å². The van der Waals surface area contributed by atoms with Crippen LogP contribution in [0.3, 0.4) is 0 Å². The molecule has 0 saturated carbocycles. The lowest BCUT2D eigenvalue weighted by atomic mass is 10.1. The topological polar surface area (TPSA) is 33.4 Å². The number of hydrogen-bond donors (Lipinski definition) is 1. The van der Waals surface area contributed by atoms with Crippen molar-refractivity contribution in [3.63, 3.8) is 0 Å². The van der Waals surface area contributed by atoms with E-state index in [9.17, 15) is 18.3 Å². The molecule has 0 amide bonds. The van der Waals surface area contributed by atoms with Crippen LogP contribution < -0.4 is 0 Å². The second kappa shape index (κ2) is 5.20. The number of para-hydroxylation sites is 1. The van der Waals surface area contributed by atoms with E-state index in [1.54, 1.807) is 6.07 Å². The van der Waals surface area contributed by atoms with Crippen LogP contribution in [0.2, 0.25) is 0 Å². The molecule has 1 aromatic heterocycles. The molecule has 2 aromatic carbocycles. The quantitative estimate of drug-likeness (QED) is 0.722. The number of rotatable bonds is 2. The van der Waals surface area contributed by atoms with Crippen molar-refractivity contribution in [1.29, 1.82) is 0 Å².